The number of nitrogens with one attached hydrogen (secondary N) is 2. The first kappa shape index (κ1) is 28.7. The molecule has 6 heteroatoms. The minimum Gasteiger partial charge on any atom is -0.322 e. The largest absolute Gasteiger partial charge is 0.322 e. The third-order valence-electron chi connectivity index (χ3n) is 6.98. The third kappa shape index (κ3) is 6.65. The van der Waals surface area contributed by atoms with Crippen LogP contribution in [0.2, 0.25) is 0 Å². The molecule has 2 amide bonds. The highest BCUT2D eigenvalue weighted by molar-refractivity contribution is 6.05. The van der Waals surface area contributed by atoms with E-state index in [-0.39, 0.29) is 11.8 Å². The van der Waals surface area contributed by atoms with Gasteiger partial charge >= 0.3 is 0 Å². The van der Waals surface area contributed by atoms with Gasteiger partial charge in [-0.2, -0.15) is 0 Å². The zero-order chi connectivity index (χ0) is 29.2. The van der Waals surface area contributed by atoms with Gasteiger partial charge in [0.2, 0.25) is 0 Å². The van der Waals surface area contributed by atoms with E-state index in [1.54, 1.807) is 0 Å². The van der Waals surface area contributed by atoms with Crippen molar-refractivity contribution in [2.45, 2.75) is 13.8 Å². The quantitative estimate of drug-likeness (QED) is 0.253. The van der Waals surface area contributed by atoms with Gasteiger partial charge in [0.05, 0.1) is 42.3 Å². The van der Waals surface area contributed by atoms with E-state index >= 15 is 0 Å². The summed E-state index contributed by atoms with van der Waals surface area (Å²) in [5.41, 5.74) is 9.33. The molecule has 4 aromatic carbocycles. The Morgan fingerprint density at radius 3 is 1.10 bits per heavy atom. The summed E-state index contributed by atoms with van der Waals surface area (Å²) in [6, 6.07) is 27.0. The van der Waals surface area contributed by atoms with E-state index in [9.17, 15) is 9.59 Å². The Balaban J connectivity index is 1.40. The molecule has 0 spiro atoms. The highest BCUT2D eigenvalue weighted by Gasteiger charge is 2.17. The molecule has 40 heavy (non-hydrogen) atoms. The zero-order valence-corrected chi connectivity index (χ0v) is 24.8. The SMILES string of the molecule is Cc1cc(NC(=O)c2ccc(-c3ccc(C(=O)Nc4ccc([N+](C)(C)C)c(C)c4)cc3)cc2)ccc1[N+](C)(C)C. The maximum absolute atomic E-state index is 12.9. The molecule has 6 nitrogen and oxygen atoms in total. The van der Waals surface area contributed by atoms with Gasteiger partial charge in [-0.25, -0.2) is 0 Å². The van der Waals surface area contributed by atoms with Gasteiger partial charge in [0.25, 0.3) is 11.8 Å². The topological polar surface area (TPSA) is 58.2 Å². The van der Waals surface area contributed by atoms with Crippen LogP contribution in [0, 0.1) is 13.8 Å². The molecule has 2 N–H and O–H groups in total. The number of benzene rings is 4. The number of amides is 2. The fraction of sp³-hybridized carbons (Fsp3) is 0.235. The van der Waals surface area contributed by atoms with Crippen molar-refractivity contribution in [3.8, 4) is 11.1 Å². The number of hydrogen-bond acceptors (Lipinski definition) is 2. The molecule has 0 radical (unpaired) electrons. The Kier molecular flexibility index (Phi) is 7.96. The second-order valence-corrected chi connectivity index (χ2v) is 12.1. The molecule has 0 unspecified atom stereocenters. The molecule has 0 fully saturated rings. The Labute approximate surface area is 238 Å². The van der Waals surface area contributed by atoms with Gasteiger partial charge < -0.3 is 10.6 Å². The minimum atomic E-state index is -0.152. The first-order chi connectivity index (χ1) is 18.7. The summed E-state index contributed by atoms with van der Waals surface area (Å²) in [5.74, 6) is -0.304. The molecule has 4 rings (SSSR count). The van der Waals surface area contributed by atoms with Crippen LogP contribution in [0.1, 0.15) is 31.8 Å². The molecule has 0 saturated heterocycles. The lowest BCUT2D eigenvalue weighted by atomic mass is 10.0. The number of anilines is 2. The minimum absolute atomic E-state index is 0.152. The molecule has 0 aliphatic heterocycles. The standard InChI is InChI=1S/C34H38N4O2/c1-23-21-29(17-19-31(23)37(3,4)5)35-33(39)27-13-9-25(10-14-27)26-11-15-28(16-12-26)34(40)36-30-18-20-32(24(2)22-30)38(6,7)8/h9-22H,1-8H3/p+2. The summed E-state index contributed by atoms with van der Waals surface area (Å²) < 4.78 is 1.44. The van der Waals surface area contributed by atoms with Crippen LogP contribution < -0.4 is 19.6 Å². The van der Waals surface area contributed by atoms with Gasteiger partial charge in [-0.15, -0.1) is 0 Å². The monoisotopic (exact) mass is 536 g/mol. The number of aryl methyl sites for hydroxylation is 2. The van der Waals surface area contributed by atoms with E-state index in [2.05, 4.69) is 78.9 Å². The fourth-order valence-electron chi connectivity index (χ4n) is 5.01. The molecule has 0 saturated carbocycles. The Morgan fingerprint density at radius 1 is 0.500 bits per heavy atom. The van der Waals surface area contributed by atoms with Gasteiger partial charge in [-0.1, -0.05) is 24.3 Å². The van der Waals surface area contributed by atoms with E-state index in [4.69, 9.17) is 0 Å². The summed E-state index contributed by atoms with van der Waals surface area (Å²) in [4.78, 5) is 25.7. The summed E-state index contributed by atoms with van der Waals surface area (Å²) in [5, 5.41) is 6.00. The second-order valence-electron chi connectivity index (χ2n) is 12.1. The van der Waals surface area contributed by atoms with Crippen molar-refractivity contribution in [1.82, 2.24) is 8.97 Å². The first-order valence-electron chi connectivity index (χ1n) is 13.4. The van der Waals surface area contributed by atoms with Crippen LogP contribution in [0.3, 0.4) is 0 Å². The average Bonchev–Trinajstić information content (AvgIpc) is 2.87. The summed E-state index contributed by atoms with van der Waals surface area (Å²) in [6.07, 6.45) is 0. The van der Waals surface area contributed by atoms with Gasteiger partial charge in [-0.05, 0) is 73.5 Å². The normalized spacial score (nSPS) is 11.7. The van der Waals surface area contributed by atoms with Crippen LogP contribution in [-0.4, -0.2) is 54.1 Å². The zero-order valence-electron chi connectivity index (χ0n) is 24.8. The molecule has 0 bridgehead atoms. The molecular formula is C34H40N4O2+2. The van der Waals surface area contributed by atoms with Gasteiger partial charge in [0.1, 0.15) is 11.4 Å². The number of quaternary nitrogens is 2. The first-order valence-corrected chi connectivity index (χ1v) is 13.4. The molecule has 206 valence electrons. The Morgan fingerprint density at radius 2 is 0.825 bits per heavy atom. The number of carbonyl (C=O) groups excluding carboxylic acids is 2. The van der Waals surface area contributed by atoms with Crippen molar-refractivity contribution in [1.29, 1.82) is 0 Å². The number of nitrogens with zero attached hydrogens (tertiary/aromatic N) is 2. The van der Waals surface area contributed by atoms with Gasteiger partial charge in [-0.3, -0.25) is 18.6 Å². The van der Waals surface area contributed by atoms with Crippen molar-refractivity contribution in [2.75, 3.05) is 52.9 Å². The average molecular weight is 537 g/mol. The summed E-state index contributed by atoms with van der Waals surface area (Å²) >= 11 is 0. The molecule has 0 aromatic heterocycles. The molecule has 4 aromatic rings. The van der Waals surface area contributed by atoms with Crippen molar-refractivity contribution < 1.29 is 9.59 Å². The number of carbonyl (C=O) groups is 2. The van der Waals surface area contributed by atoms with E-state index in [0.717, 1.165) is 42.6 Å². The van der Waals surface area contributed by atoms with Crippen LogP contribution in [0.5, 0.6) is 0 Å². The van der Waals surface area contributed by atoms with E-state index in [1.165, 1.54) is 11.4 Å². The van der Waals surface area contributed by atoms with E-state index in [1.807, 2.05) is 72.8 Å². The predicted octanol–water partition coefficient (Wildman–Crippen LogP) is 6.87. The molecule has 0 aliphatic carbocycles. The lowest BCUT2D eigenvalue weighted by Gasteiger charge is -2.25. The maximum Gasteiger partial charge on any atom is 0.255 e. The Bertz CT molecular complexity index is 1420. The molecule has 0 heterocycles. The smallest absolute Gasteiger partial charge is 0.255 e. The molecule has 0 atom stereocenters. The summed E-state index contributed by atoms with van der Waals surface area (Å²) in [7, 11) is 12.7. The predicted molar refractivity (Wildman–Crippen MR) is 169 cm³/mol. The third-order valence-corrected chi connectivity index (χ3v) is 6.98. The van der Waals surface area contributed by atoms with E-state index in [0.29, 0.717) is 11.1 Å². The van der Waals surface area contributed by atoms with E-state index < -0.39 is 0 Å². The Hall–Kier alpha value is -4.26. The van der Waals surface area contributed by atoms with Crippen molar-refractivity contribution in [2.24, 2.45) is 0 Å². The summed E-state index contributed by atoms with van der Waals surface area (Å²) in [6.45, 7) is 4.12. The fourth-order valence-corrected chi connectivity index (χ4v) is 5.01. The second kappa shape index (κ2) is 11.1. The van der Waals surface area contributed by atoms with Crippen molar-refractivity contribution in [3.05, 3.63) is 107 Å². The van der Waals surface area contributed by atoms with Crippen LogP contribution in [0.15, 0.2) is 84.9 Å². The highest BCUT2D eigenvalue weighted by atomic mass is 16.2. The lowest BCUT2D eigenvalue weighted by molar-refractivity contribution is 0.101. The van der Waals surface area contributed by atoms with Crippen molar-refractivity contribution in [3.63, 3.8) is 0 Å². The van der Waals surface area contributed by atoms with Gasteiger partial charge in [0, 0.05) is 45.8 Å². The number of hydrogen-bond donors (Lipinski definition) is 2. The maximum atomic E-state index is 12.9. The lowest BCUT2D eigenvalue weighted by Crippen LogP contribution is -2.35. The van der Waals surface area contributed by atoms with Crippen LogP contribution >= 0.6 is 0 Å². The molecule has 0 aliphatic rings. The molecular weight excluding hydrogens is 496 g/mol. The van der Waals surface area contributed by atoms with Crippen LogP contribution in [0.4, 0.5) is 22.7 Å². The van der Waals surface area contributed by atoms with Gasteiger partial charge in [0.15, 0.2) is 0 Å². The van der Waals surface area contributed by atoms with Crippen LogP contribution in [-0.2, 0) is 0 Å². The highest BCUT2D eigenvalue weighted by Crippen LogP contribution is 2.27. The number of rotatable bonds is 7. The van der Waals surface area contributed by atoms with Crippen molar-refractivity contribution >= 4 is 34.6 Å². The van der Waals surface area contributed by atoms with Crippen LogP contribution in [0.25, 0.3) is 11.1 Å².